The van der Waals surface area contributed by atoms with Gasteiger partial charge in [-0.1, -0.05) is 32.6 Å². The molecule has 17 heavy (non-hydrogen) atoms. The molecule has 0 aliphatic carbocycles. The van der Waals surface area contributed by atoms with Crippen molar-refractivity contribution in [2.24, 2.45) is 5.92 Å². The summed E-state index contributed by atoms with van der Waals surface area (Å²) in [5.41, 5.74) is 2.18. The van der Waals surface area contributed by atoms with E-state index in [1.807, 2.05) is 13.0 Å². The van der Waals surface area contributed by atoms with E-state index in [0.29, 0.717) is 11.1 Å². The number of phenolic OH excluding ortho intramolecular Hbond substituents is 1. The Labute approximate surface area is 102 Å². The van der Waals surface area contributed by atoms with E-state index in [9.17, 15) is 9.90 Å². The second-order valence-corrected chi connectivity index (χ2v) is 4.39. The monoisotopic (exact) mass is 234 g/mol. The Morgan fingerprint density at radius 1 is 1.47 bits per heavy atom. The fourth-order valence-electron chi connectivity index (χ4n) is 1.34. The largest absolute Gasteiger partial charge is 0.507 e. The molecule has 0 radical (unpaired) electrons. The minimum Gasteiger partial charge on any atom is -0.507 e. The van der Waals surface area contributed by atoms with Crippen molar-refractivity contribution in [2.45, 2.75) is 20.8 Å². The summed E-state index contributed by atoms with van der Waals surface area (Å²) in [5, 5.41) is 9.73. The third-order valence-electron chi connectivity index (χ3n) is 2.39. The Kier molecular flexibility index (Phi) is 4.32. The van der Waals surface area contributed by atoms with Crippen LogP contribution in [0.3, 0.4) is 0 Å². The van der Waals surface area contributed by atoms with Crippen LogP contribution in [0.5, 0.6) is 5.75 Å². The van der Waals surface area contributed by atoms with Crippen molar-refractivity contribution in [3.63, 3.8) is 0 Å². The average Bonchev–Trinajstić information content (AvgIpc) is 2.25. The maximum absolute atomic E-state index is 11.3. The van der Waals surface area contributed by atoms with Crippen molar-refractivity contribution in [3.8, 4) is 5.75 Å². The SMILES string of the molecule is C=C(COC(=O)C(C)C)c1ccc(C)cc1O. The summed E-state index contributed by atoms with van der Waals surface area (Å²) in [6.07, 6.45) is 0. The highest BCUT2D eigenvalue weighted by molar-refractivity contribution is 5.75. The minimum atomic E-state index is -0.266. The summed E-state index contributed by atoms with van der Waals surface area (Å²) in [6, 6.07) is 5.31. The van der Waals surface area contributed by atoms with Gasteiger partial charge in [0.25, 0.3) is 0 Å². The topological polar surface area (TPSA) is 46.5 Å². The number of rotatable bonds is 4. The van der Waals surface area contributed by atoms with Gasteiger partial charge in [0.2, 0.25) is 0 Å². The lowest BCUT2D eigenvalue weighted by atomic mass is 10.1. The van der Waals surface area contributed by atoms with Crippen LogP contribution in [0, 0.1) is 12.8 Å². The predicted molar refractivity (Wildman–Crippen MR) is 67.7 cm³/mol. The molecule has 0 aliphatic heterocycles. The van der Waals surface area contributed by atoms with Crippen molar-refractivity contribution in [2.75, 3.05) is 6.61 Å². The van der Waals surface area contributed by atoms with Gasteiger partial charge in [-0.25, -0.2) is 0 Å². The molecule has 0 saturated carbocycles. The quantitative estimate of drug-likeness (QED) is 0.815. The minimum absolute atomic E-state index is 0.105. The highest BCUT2D eigenvalue weighted by Crippen LogP contribution is 2.25. The van der Waals surface area contributed by atoms with Crippen LogP contribution >= 0.6 is 0 Å². The Morgan fingerprint density at radius 2 is 2.12 bits per heavy atom. The van der Waals surface area contributed by atoms with Crippen molar-refractivity contribution in [1.82, 2.24) is 0 Å². The smallest absolute Gasteiger partial charge is 0.308 e. The zero-order chi connectivity index (χ0) is 13.0. The van der Waals surface area contributed by atoms with Crippen LogP contribution in [0.15, 0.2) is 24.8 Å². The first-order chi connectivity index (χ1) is 7.91. The predicted octanol–water partition coefficient (Wildman–Crippen LogP) is 2.91. The summed E-state index contributed by atoms with van der Waals surface area (Å²) in [4.78, 5) is 11.3. The second-order valence-electron chi connectivity index (χ2n) is 4.39. The molecule has 92 valence electrons. The molecule has 0 aromatic heterocycles. The molecule has 1 aromatic carbocycles. The molecule has 1 rings (SSSR count). The summed E-state index contributed by atoms with van der Waals surface area (Å²) in [7, 11) is 0. The van der Waals surface area contributed by atoms with Gasteiger partial charge >= 0.3 is 5.97 Å². The molecule has 0 fully saturated rings. The molecule has 1 N–H and O–H groups in total. The maximum Gasteiger partial charge on any atom is 0.308 e. The molecular formula is C14H18O3. The number of ether oxygens (including phenoxy) is 1. The maximum atomic E-state index is 11.3. The number of carbonyl (C=O) groups excluding carboxylic acids is 1. The van der Waals surface area contributed by atoms with E-state index in [1.54, 1.807) is 26.0 Å². The highest BCUT2D eigenvalue weighted by atomic mass is 16.5. The number of hydrogen-bond donors (Lipinski definition) is 1. The number of carbonyl (C=O) groups is 1. The number of phenols is 1. The average molecular weight is 234 g/mol. The van der Waals surface area contributed by atoms with Crippen LogP contribution in [0.25, 0.3) is 5.57 Å². The van der Waals surface area contributed by atoms with E-state index in [0.717, 1.165) is 5.56 Å². The summed E-state index contributed by atoms with van der Waals surface area (Å²) >= 11 is 0. The number of aryl methyl sites for hydroxylation is 1. The van der Waals surface area contributed by atoms with Gasteiger partial charge in [0.15, 0.2) is 0 Å². The number of aromatic hydroxyl groups is 1. The molecule has 0 bridgehead atoms. The van der Waals surface area contributed by atoms with Crippen LogP contribution in [0.2, 0.25) is 0 Å². The summed E-state index contributed by atoms with van der Waals surface area (Å²) in [6.45, 7) is 9.35. The molecule has 0 atom stereocenters. The number of benzene rings is 1. The van der Waals surface area contributed by atoms with Gasteiger partial charge in [-0.3, -0.25) is 4.79 Å². The number of hydrogen-bond acceptors (Lipinski definition) is 3. The number of esters is 1. The molecule has 0 unspecified atom stereocenters. The van der Waals surface area contributed by atoms with Gasteiger partial charge in [-0.05, 0) is 24.1 Å². The van der Waals surface area contributed by atoms with Gasteiger partial charge in [-0.15, -0.1) is 0 Å². The molecule has 0 amide bonds. The third-order valence-corrected chi connectivity index (χ3v) is 2.39. The normalized spacial score (nSPS) is 10.4. The van der Waals surface area contributed by atoms with Crippen molar-refractivity contribution >= 4 is 11.5 Å². The molecule has 3 heteroatoms. The fraction of sp³-hybridized carbons (Fsp3) is 0.357. The first-order valence-electron chi connectivity index (χ1n) is 5.56. The van der Waals surface area contributed by atoms with Gasteiger partial charge in [-0.2, -0.15) is 0 Å². The van der Waals surface area contributed by atoms with Gasteiger partial charge in [0.1, 0.15) is 12.4 Å². The highest BCUT2D eigenvalue weighted by Gasteiger charge is 2.11. The van der Waals surface area contributed by atoms with Crippen LogP contribution in [0.4, 0.5) is 0 Å². The first-order valence-corrected chi connectivity index (χ1v) is 5.56. The molecule has 0 spiro atoms. The van der Waals surface area contributed by atoms with Crippen LogP contribution in [-0.2, 0) is 9.53 Å². The molecule has 0 aliphatic rings. The Morgan fingerprint density at radius 3 is 2.65 bits per heavy atom. The van der Waals surface area contributed by atoms with Gasteiger partial charge in [0, 0.05) is 5.56 Å². The van der Waals surface area contributed by atoms with Crippen LogP contribution in [0.1, 0.15) is 25.0 Å². The van der Waals surface area contributed by atoms with Gasteiger partial charge < -0.3 is 9.84 Å². The van der Waals surface area contributed by atoms with E-state index >= 15 is 0 Å². The lowest BCUT2D eigenvalue weighted by Gasteiger charge is -2.11. The van der Waals surface area contributed by atoms with E-state index < -0.39 is 0 Å². The van der Waals surface area contributed by atoms with Crippen molar-refractivity contribution in [3.05, 3.63) is 35.9 Å². The molecule has 0 saturated heterocycles. The van der Waals surface area contributed by atoms with Gasteiger partial charge in [0.05, 0.1) is 5.92 Å². The van der Waals surface area contributed by atoms with E-state index in [4.69, 9.17) is 4.74 Å². The Balaban J connectivity index is 2.68. The summed E-state index contributed by atoms with van der Waals surface area (Å²) in [5.74, 6) is -0.261. The second kappa shape index (κ2) is 5.53. The molecule has 0 heterocycles. The third kappa shape index (κ3) is 3.63. The van der Waals surface area contributed by atoms with Crippen LogP contribution in [-0.4, -0.2) is 17.7 Å². The Bertz CT molecular complexity index is 433. The zero-order valence-corrected chi connectivity index (χ0v) is 10.5. The Hall–Kier alpha value is -1.77. The standard InChI is InChI=1S/C14H18O3/c1-9(2)14(16)17-8-11(4)12-6-5-10(3)7-13(12)15/h5-7,9,15H,4,8H2,1-3H3. The first kappa shape index (κ1) is 13.3. The summed E-state index contributed by atoms with van der Waals surface area (Å²) < 4.78 is 5.06. The molecular weight excluding hydrogens is 216 g/mol. The van der Waals surface area contributed by atoms with E-state index in [1.165, 1.54) is 0 Å². The zero-order valence-electron chi connectivity index (χ0n) is 10.5. The van der Waals surface area contributed by atoms with E-state index in [-0.39, 0.29) is 24.2 Å². The lowest BCUT2D eigenvalue weighted by Crippen LogP contribution is -2.12. The van der Waals surface area contributed by atoms with E-state index in [2.05, 4.69) is 6.58 Å². The lowest BCUT2D eigenvalue weighted by molar-refractivity contribution is -0.145. The molecule has 3 nitrogen and oxygen atoms in total. The van der Waals surface area contributed by atoms with Crippen molar-refractivity contribution in [1.29, 1.82) is 0 Å². The van der Waals surface area contributed by atoms with Crippen molar-refractivity contribution < 1.29 is 14.6 Å². The van der Waals surface area contributed by atoms with Crippen LogP contribution < -0.4 is 0 Å². The molecule has 1 aromatic rings. The fourth-order valence-corrected chi connectivity index (χ4v) is 1.34.